The van der Waals surface area contributed by atoms with Gasteiger partial charge in [0, 0.05) is 6.42 Å². The molecule has 1 aliphatic rings. The number of carbonyl (C=O) groups excluding carboxylic acids is 1. The third-order valence-electron chi connectivity index (χ3n) is 14.0. The lowest BCUT2D eigenvalue weighted by atomic mass is 9.99. The number of aliphatic hydroxyl groups excluding tert-OH is 5. The van der Waals surface area contributed by atoms with Crippen LogP contribution in [0, 0.1) is 0 Å². The fourth-order valence-corrected chi connectivity index (χ4v) is 9.18. The molecule has 1 heterocycles. The molecule has 0 bridgehead atoms. The summed E-state index contributed by atoms with van der Waals surface area (Å²) in [5.74, 6) is -0.149. The van der Waals surface area contributed by atoms with Crippen LogP contribution in [-0.4, -0.2) is 87.5 Å². The summed E-state index contributed by atoms with van der Waals surface area (Å²) in [5, 5.41) is 54.6. The Bertz CT molecular complexity index is 1480. The zero-order valence-electron chi connectivity index (χ0n) is 47.3. The lowest BCUT2D eigenvalue weighted by molar-refractivity contribution is -0.302. The number of allylic oxidation sites excluding steroid dienone is 16. The monoisotopic (exact) mass is 1040 g/mol. The van der Waals surface area contributed by atoms with E-state index in [0.717, 1.165) is 89.9 Å². The smallest absolute Gasteiger partial charge is 0.220 e. The molecule has 426 valence electrons. The van der Waals surface area contributed by atoms with E-state index in [-0.39, 0.29) is 12.5 Å². The van der Waals surface area contributed by atoms with Gasteiger partial charge in [0.1, 0.15) is 24.4 Å². The largest absolute Gasteiger partial charge is 0.394 e. The van der Waals surface area contributed by atoms with Crippen molar-refractivity contribution in [3.8, 4) is 0 Å². The van der Waals surface area contributed by atoms with Crippen molar-refractivity contribution in [2.24, 2.45) is 0 Å². The average Bonchev–Trinajstić information content (AvgIpc) is 3.40. The molecule has 0 aliphatic carbocycles. The third-order valence-corrected chi connectivity index (χ3v) is 14.0. The van der Waals surface area contributed by atoms with Gasteiger partial charge in [-0.15, -0.1) is 0 Å². The van der Waals surface area contributed by atoms with Crippen molar-refractivity contribution in [1.29, 1.82) is 0 Å². The predicted octanol–water partition coefficient (Wildman–Crippen LogP) is 15.6. The number of rotatable bonds is 51. The van der Waals surface area contributed by atoms with Gasteiger partial charge in [-0.05, 0) is 77.0 Å². The zero-order valence-corrected chi connectivity index (χ0v) is 47.3. The number of ether oxygens (including phenoxy) is 2. The van der Waals surface area contributed by atoms with Crippen LogP contribution in [0.3, 0.4) is 0 Å². The molecule has 0 aromatic heterocycles. The standard InChI is InChI=1S/C65H113NO8/c1-3-5-7-9-11-13-15-17-19-20-21-22-23-24-25-26-27-28-29-30-31-32-33-34-35-36-37-38-39-40-41-43-45-47-49-51-53-55-61(69)66-58(57-73-65-64(72)63(71)62(70)60(56-67)74-65)59(68)54-52-50-48-46-44-42-18-16-14-12-10-8-6-4-2/h5,7,11,13,17,19,21-22,24-25,27-28,30-31,33-34,58-60,62-65,67-68,70-72H,3-4,6,8-10,12,14-16,18,20,23,26,29,32,35-57H2,1-2H3,(H,66,69)/b7-5-,13-11-,19-17-,22-21-,25-24-,28-27-,31-30-,34-33-. The molecule has 0 radical (unpaired) electrons. The number of hydrogen-bond donors (Lipinski definition) is 6. The Balaban J connectivity index is 2.12. The Labute approximate surface area is 453 Å². The summed E-state index contributed by atoms with van der Waals surface area (Å²) < 4.78 is 11.3. The molecule has 1 amide bonds. The Morgan fingerprint density at radius 3 is 1.24 bits per heavy atom. The van der Waals surface area contributed by atoms with Crippen molar-refractivity contribution in [2.45, 2.75) is 294 Å². The van der Waals surface area contributed by atoms with Gasteiger partial charge in [-0.2, -0.15) is 0 Å². The highest BCUT2D eigenvalue weighted by Gasteiger charge is 2.44. The third kappa shape index (κ3) is 42.2. The second kappa shape index (κ2) is 53.5. The van der Waals surface area contributed by atoms with E-state index in [0.29, 0.717) is 12.8 Å². The first-order valence-electron chi connectivity index (χ1n) is 30.4. The van der Waals surface area contributed by atoms with Gasteiger partial charge in [0.05, 0.1) is 25.4 Å². The summed E-state index contributed by atoms with van der Waals surface area (Å²) in [7, 11) is 0. The topological polar surface area (TPSA) is 149 Å². The summed E-state index contributed by atoms with van der Waals surface area (Å²) in [4.78, 5) is 13.1. The van der Waals surface area contributed by atoms with E-state index < -0.39 is 49.5 Å². The minimum atomic E-state index is -1.56. The molecule has 7 unspecified atom stereocenters. The first-order chi connectivity index (χ1) is 36.3. The minimum Gasteiger partial charge on any atom is -0.394 e. The van der Waals surface area contributed by atoms with E-state index in [9.17, 15) is 30.3 Å². The molecule has 0 spiro atoms. The Hall–Kier alpha value is -2.89. The molecule has 1 saturated heterocycles. The molecular formula is C65H113NO8. The first kappa shape index (κ1) is 69.1. The fraction of sp³-hybridized carbons (Fsp3) is 0.738. The molecular weight excluding hydrogens is 923 g/mol. The number of unbranched alkanes of at least 4 members (excludes halogenated alkanes) is 25. The number of carbonyl (C=O) groups is 1. The van der Waals surface area contributed by atoms with Crippen molar-refractivity contribution >= 4 is 5.91 Å². The second-order valence-corrected chi connectivity index (χ2v) is 20.8. The van der Waals surface area contributed by atoms with Crippen molar-refractivity contribution in [3.05, 3.63) is 97.2 Å². The molecule has 0 saturated carbocycles. The Morgan fingerprint density at radius 2 is 0.838 bits per heavy atom. The summed E-state index contributed by atoms with van der Waals surface area (Å²) in [6, 6.07) is -0.725. The van der Waals surface area contributed by atoms with Gasteiger partial charge in [-0.1, -0.05) is 265 Å². The van der Waals surface area contributed by atoms with Crippen LogP contribution in [0.4, 0.5) is 0 Å². The van der Waals surface area contributed by atoms with Crippen molar-refractivity contribution in [1.82, 2.24) is 5.32 Å². The van der Waals surface area contributed by atoms with Crippen LogP contribution in [0.15, 0.2) is 97.2 Å². The average molecular weight is 1040 g/mol. The van der Waals surface area contributed by atoms with E-state index in [1.807, 2.05) is 0 Å². The van der Waals surface area contributed by atoms with Crippen LogP contribution in [0.25, 0.3) is 0 Å². The highest BCUT2D eigenvalue weighted by atomic mass is 16.7. The van der Waals surface area contributed by atoms with Crippen molar-refractivity contribution in [2.75, 3.05) is 13.2 Å². The lowest BCUT2D eigenvalue weighted by Crippen LogP contribution is -2.60. The summed E-state index contributed by atoms with van der Waals surface area (Å²) >= 11 is 0. The number of nitrogens with one attached hydrogen (secondary N) is 1. The van der Waals surface area contributed by atoms with Crippen molar-refractivity contribution in [3.63, 3.8) is 0 Å². The highest BCUT2D eigenvalue weighted by Crippen LogP contribution is 2.23. The first-order valence-corrected chi connectivity index (χ1v) is 30.4. The molecule has 9 heteroatoms. The molecule has 0 aromatic rings. The van der Waals surface area contributed by atoms with Crippen molar-refractivity contribution < 1.29 is 39.8 Å². The summed E-state index contributed by atoms with van der Waals surface area (Å²) in [6.45, 7) is 3.72. The predicted molar refractivity (Wildman–Crippen MR) is 313 cm³/mol. The van der Waals surface area contributed by atoms with Gasteiger partial charge in [-0.3, -0.25) is 4.79 Å². The van der Waals surface area contributed by atoms with Gasteiger partial charge in [-0.25, -0.2) is 0 Å². The summed E-state index contributed by atoms with van der Waals surface area (Å²) in [6.07, 6.45) is 70.1. The molecule has 1 rings (SSSR count). The second-order valence-electron chi connectivity index (χ2n) is 20.8. The van der Waals surface area contributed by atoms with Crippen LogP contribution in [0.2, 0.25) is 0 Å². The summed E-state index contributed by atoms with van der Waals surface area (Å²) in [5.41, 5.74) is 0. The van der Waals surface area contributed by atoms with Crippen LogP contribution >= 0.6 is 0 Å². The zero-order chi connectivity index (χ0) is 53.6. The van der Waals surface area contributed by atoms with Gasteiger partial charge in [0.2, 0.25) is 5.91 Å². The van der Waals surface area contributed by atoms with E-state index >= 15 is 0 Å². The molecule has 1 fully saturated rings. The molecule has 9 nitrogen and oxygen atoms in total. The normalized spacial score (nSPS) is 19.7. The SMILES string of the molecule is CC/C=C\C/C=C\C/C=C\C/C=C\C/C=C\C/C=C\C/C=C\C/C=C\CCCCCCCCCCCCCCC(=O)NC(COC1OC(CO)C(O)C(O)C1O)C(O)CCCCCCCCCCCCCCCC. The van der Waals surface area contributed by atoms with E-state index in [2.05, 4.69) is 116 Å². The molecule has 6 N–H and O–H groups in total. The van der Waals surface area contributed by atoms with Crippen LogP contribution < -0.4 is 5.32 Å². The maximum absolute atomic E-state index is 13.1. The van der Waals surface area contributed by atoms with Crippen LogP contribution in [0.1, 0.15) is 251 Å². The van der Waals surface area contributed by atoms with Gasteiger partial charge in [0.15, 0.2) is 6.29 Å². The van der Waals surface area contributed by atoms with Gasteiger partial charge in [0.25, 0.3) is 0 Å². The number of hydrogen-bond acceptors (Lipinski definition) is 8. The Kier molecular flexibility index (Phi) is 50.0. The van der Waals surface area contributed by atoms with E-state index in [4.69, 9.17) is 9.47 Å². The number of aliphatic hydroxyl groups is 5. The van der Waals surface area contributed by atoms with Gasteiger partial charge < -0.3 is 40.3 Å². The van der Waals surface area contributed by atoms with Crippen LogP contribution in [0.5, 0.6) is 0 Å². The van der Waals surface area contributed by atoms with Crippen LogP contribution in [-0.2, 0) is 14.3 Å². The van der Waals surface area contributed by atoms with E-state index in [1.54, 1.807) is 0 Å². The number of amides is 1. The van der Waals surface area contributed by atoms with E-state index in [1.165, 1.54) is 135 Å². The molecule has 7 atom stereocenters. The minimum absolute atomic E-state index is 0.142. The molecule has 74 heavy (non-hydrogen) atoms. The highest BCUT2D eigenvalue weighted by molar-refractivity contribution is 5.76. The maximum atomic E-state index is 13.1. The quantitative estimate of drug-likeness (QED) is 0.0261. The lowest BCUT2D eigenvalue weighted by Gasteiger charge is -2.40. The van der Waals surface area contributed by atoms with Gasteiger partial charge >= 0.3 is 0 Å². The Morgan fingerprint density at radius 1 is 0.473 bits per heavy atom. The molecule has 0 aromatic carbocycles. The fourth-order valence-electron chi connectivity index (χ4n) is 9.18. The maximum Gasteiger partial charge on any atom is 0.220 e. The molecule has 1 aliphatic heterocycles.